The smallest absolute Gasteiger partial charge is 0 e. The Morgan fingerprint density at radius 1 is 0.424 bits per heavy atom. The molecular formula is C29H26B2P2. The van der Waals surface area contributed by atoms with Gasteiger partial charge in [-0.25, -0.2) is 0 Å². The molecule has 6 radical (unpaired) electrons. The molecule has 0 N–H and O–H groups in total. The molecule has 2 aliphatic carbocycles. The van der Waals surface area contributed by atoms with Crippen molar-refractivity contribution < 1.29 is 0 Å². The quantitative estimate of drug-likeness (QED) is 0.281. The molecule has 158 valence electrons. The average Bonchev–Trinajstić information content (AvgIpc) is 3.74. The minimum absolute atomic E-state index is 0. The lowest BCUT2D eigenvalue weighted by molar-refractivity contribution is 0.905. The normalized spacial score (nSPS) is 19.6. The van der Waals surface area contributed by atoms with Gasteiger partial charge in [-0.3, -0.25) is 0 Å². The molecule has 2 aliphatic rings. The van der Waals surface area contributed by atoms with E-state index in [0.29, 0.717) is 5.41 Å². The molecule has 0 saturated heterocycles. The summed E-state index contributed by atoms with van der Waals surface area (Å²) >= 11 is 0. The molecule has 1 spiro atoms. The van der Waals surface area contributed by atoms with Crippen molar-refractivity contribution in [2.75, 3.05) is 0 Å². The van der Waals surface area contributed by atoms with Crippen LogP contribution < -0.4 is 21.2 Å². The van der Waals surface area contributed by atoms with Crippen molar-refractivity contribution in [1.82, 2.24) is 0 Å². The van der Waals surface area contributed by atoms with Gasteiger partial charge in [-0.2, -0.15) is 0 Å². The average molecular weight is 458 g/mol. The lowest BCUT2D eigenvalue weighted by Crippen LogP contribution is -2.18. The minimum Gasteiger partial charge on any atom is -0.0622 e. The number of hydrogen-bond acceptors (Lipinski definition) is 0. The third kappa shape index (κ3) is 4.49. The first kappa shape index (κ1) is 24.0. The van der Waals surface area contributed by atoms with Crippen LogP contribution in [-0.4, -0.2) is 28.1 Å². The molecule has 2 saturated carbocycles. The summed E-state index contributed by atoms with van der Waals surface area (Å²) in [5, 5.41) is 6.17. The van der Waals surface area contributed by atoms with Crippen LogP contribution in [0.5, 0.6) is 0 Å². The van der Waals surface area contributed by atoms with Crippen LogP contribution in [0.4, 0.5) is 0 Å². The summed E-state index contributed by atoms with van der Waals surface area (Å²) in [6.07, 6.45) is 2.79. The van der Waals surface area contributed by atoms with Gasteiger partial charge in [-0.1, -0.05) is 121 Å². The van der Waals surface area contributed by atoms with E-state index in [1.54, 1.807) is 21.2 Å². The highest BCUT2D eigenvalue weighted by Crippen LogP contribution is 2.82. The van der Waals surface area contributed by atoms with Gasteiger partial charge in [0.1, 0.15) is 0 Å². The molecule has 6 rings (SSSR count). The Labute approximate surface area is 204 Å². The summed E-state index contributed by atoms with van der Waals surface area (Å²) in [5.41, 5.74) is 2.18. The summed E-state index contributed by atoms with van der Waals surface area (Å²) in [6.45, 7) is 0. The van der Waals surface area contributed by atoms with Crippen LogP contribution in [0.1, 0.15) is 12.8 Å². The van der Waals surface area contributed by atoms with Crippen LogP contribution in [0.15, 0.2) is 121 Å². The molecule has 33 heavy (non-hydrogen) atoms. The van der Waals surface area contributed by atoms with E-state index >= 15 is 0 Å². The fraction of sp³-hybridized carbons (Fsp3) is 0.172. The van der Waals surface area contributed by atoms with Gasteiger partial charge >= 0.3 is 0 Å². The summed E-state index contributed by atoms with van der Waals surface area (Å²) in [5.74, 6) is 0. The van der Waals surface area contributed by atoms with Crippen molar-refractivity contribution in [2.45, 2.75) is 24.2 Å². The first-order chi connectivity index (χ1) is 15.4. The molecule has 4 aromatic carbocycles. The zero-order chi connectivity index (χ0) is 20.7. The first-order valence-electron chi connectivity index (χ1n) is 11.2. The molecule has 2 fully saturated rings. The molecule has 4 heteroatoms. The molecule has 0 aromatic heterocycles. The van der Waals surface area contributed by atoms with Gasteiger partial charge in [0.25, 0.3) is 0 Å². The first-order valence-corrected chi connectivity index (χ1v) is 14.0. The SMILES string of the molecule is [B].[B].c1ccc(P(c2ccccc2)[C@H]2CC23C[C@@H]3P(c2ccccc2)c2ccccc2)cc1. The van der Waals surface area contributed by atoms with Gasteiger partial charge in [0, 0.05) is 16.8 Å². The highest BCUT2D eigenvalue weighted by atomic mass is 31.1. The molecule has 0 bridgehead atoms. The van der Waals surface area contributed by atoms with Crippen LogP contribution in [-0.2, 0) is 0 Å². The lowest BCUT2D eigenvalue weighted by Gasteiger charge is -2.21. The van der Waals surface area contributed by atoms with E-state index in [4.69, 9.17) is 0 Å². The van der Waals surface area contributed by atoms with E-state index in [-0.39, 0.29) is 32.7 Å². The highest BCUT2D eigenvalue weighted by molar-refractivity contribution is 7.75. The summed E-state index contributed by atoms with van der Waals surface area (Å²) in [7, 11) is -0.606. The molecule has 0 amide bonds. The Bertz CT molecular complexity index is 979. The topological polar surface area (TPSA) is 0 Å². The fourth-order valence-electron chi connectivity index (χ4n) is 5.25. The monoisotopic (exact) mass is 458 g/mol. The molecular weight excluding hydrogens is 432 g/mol. The Balaban J connectivity index is 0.00000130. The van der Waals surface area contributed by atoms with Gasteiger partial charge in [-0.15, -0.1) is 0 Å². The van der Waals surface area contributed by atoms with E-state index in [9.17, 15) is 0 Å². The summed E-state index contributed by atoms with van der Waals surface area (Å²) < 4.78 is 0. The Morgan fingerprint density at radius 2 is 0.667 bits per heavy atom. The predicted octanol–water partition coefficient (Wildman–Crippen LogP) is 5.02. The van der Waals surface area contributed by atoms with E-state index < -0.39 is 0 Å². The zero-order valence-electron chi connectivity index (χ0n) is 18.7. The molecule has 2 atom stereocenters. The fourth-order valence-corrected chi connectivity index (χ4v) is 12.0. The van der Waals surface area contributed by atoms with Gasteiger partial charge in [-0.05, 0) is 66.6 Å². The van der Waals surface area contributed by atoms with Gasteiger partial charge < -0.3 is 0 Å². The summed E-state index contributed by atoms with van der Waals surface area (Å²) in [4.78, 5) is 0. The maximum Gasteiger partial charge on any atom is 0 e. The molecule has 0 unspecified atom stereocenters. The van der Waals surface area contributed by atoms with Crippen molar-refractivity contribution in [1.29, 1.82) is 0 Å². The van der Waals surface area contributed by atoms with Gasteiger partial charge in [0.2, 0.25) is 0 Å². The predicted molar refractivity (Wildman–Crippen MR) is 149 cm³/mol. The molecule has 4 aromatic rings. The third-order valence-corrected chi connectivity index (χ3v) is 13.0. The second-order valence-corrected chi connectivity index (χ2v) is 13.5. The zero-order valence-corrected chi connectivity index (χ0v) is 20.5. The van der Waals surface area contributed by atoms with Crippen LogP contribution in [0.2, 0.25) is 0 Å². The van der Waals surface area contributed by atoms with Crippen molar-refractivity contribution >= 4 is 53.9 Å². The van der Waals surface area contributed by atoms with E-state index in [0.717, 1.165) is 11.3 Å². The van der Waals surface area contributed by atoms with E-state index in [1.165, 1.54) is 12.8 Å². The van der Waals surface area contributed by atoms with E-state index in [2.05, 4.69) is 121 Å². The third-order valence-electron chi connectivity index (χ3n) is 6.91. The van der Waals surface area contributed by atoms with Crippen LogP contribution >= 0.6 is 15.8 Å². The highest BCUT2D eigenvalue weighted by Gasteiger charge is 2.74. The minimum atomic E-state index is -0.303. The van der Waals surface area contributed by atoms with Crippen LogP contribution in [0, 0.1) is 5.41 Å². The van der Waals surface area contributed by atoms with Crippen molar-refractivity contribution in [2.24, 2.45) is 5.41 Å². The van der Waals surface area contributed by atoms with Crippen molar-refractivity contribution in [3.05, 3.63) is 121 Å². The molecule has 0 aliphatic heterocycles. The van der Waals surface area contributed by atoms with Gasteiger partial charge in [0.05, 0.1) is 0 Å². The largest absolute Gasteiger partial charge is 0.0622 e. The Kier molecular flexibility index (Phi) is 7.28. The van der Waals surface area contributed by atoms with Crippen LogP contribution in [0.25, 0.3) is 0 Å². The van der Waals surface area contributed by atoms with Gasteiger partial charge in [0.15, 0.2) is 0 Å². The van der Waals surface area contributed by atoms with Crippen molar-refractivity contribution in [3.8, 4) is 0 Å². The standard InChI is InChI=1S/C29H26P2.2B/c1-5-13-23(14-6-1)30(24-15-7-2-8-16-24)27-21-29(27)22-28(29)31(25-17-9-3-10-18-25)26-19-11-4-12-20-26;;/h1-20,27-28H,21-22H2;;/t27-,28-,29?;;/m0../s1. The van der Waals surface area contributed by atoms with E-state index in [1.807, 2.05) is 0 Å². The second kappa shape index (κ2) is 10.0. The maximum absolute atomic E-state index is 2.36. The number of hydrogen-bond donors (Lipinski definition) is 0. The lowest BCUT2D eigenvalue weighted by atomic mass is 10.4. The summed E-state index contributed by atoms with van der Waals surface area (Å²) in [6, 6.07) is 45.2. The van der Waals surface area contributed by atoms with Crippen LogP contribution in [0.3, 0.4) is 0 Å². The molecule has 0 heterocycles. The van der Waals surface area contributed by atoms with Crippen molar-refractivity contribution in [3.63, 3.8) is 0 Å². The maximum atomic E-state index is 2.36. The number of benzene rings is 4. The Morgan fingerprint density at radius 3 is 0.909 bits per heavy atom. The second-order valence-electron chi connectivity index (χ2n) is 8.76. The molecule has 0 nitrogen and oxygen atoms in total. The number of rotatable bonds is 6. The Hall–Kier alpha value is -2.13.